The lowest BCUT2D eigenvalue weighted by Crippen LogP contribution is -2.52. The average molecular weight is 544 g/mol. The van der Waals surface area contributed by atoms with Gasteiger partial charge in [0, 0.05) is 18.6 Å². The van der Waals surface area contributed by atoms with Crippen molar-refractivity contribution in [3.8, 4) is 5.75 Å². The Hall–Kier alpha value is -2.49. The van der Waals surface area contributed by atoms with Gasteiger partial charge in [0.1, 0.15) is 11.3 Å². The average Bonchev–Trinajstić information content (AvgIpc) is 2.82. The summed E-state index contributed by atoms with van der Waals surface area (Å²) in [6.45, 7) is 0.429. The largest absolute Gasteiger partial charge is 0.490 e. The van der Waals surface area contributed by atoms with Gasteiger partial charge >= 0.3 is 18.3 Å². The summed E-state index contributed by atoms with van der Waals surface area (Å²) in [6, 6.07) is 7.86. The summed E-state index contributed by atoms with van der Waals surface area (Å²) >= 11 is 0. The maximum absolute atomic E-state index is 14.4. The molecule has 2 aromatic carbocycles. The first-order chi connectivity index (χ1) is 17.9. The zero-order chi connectivity index (χ0) is 27.2. The standard InChI is InChI=1S/C28H31F6NO3/c29-27(30,31)18-7-9-21(10-8-18)38-24-12-11-22-16(3-1-6-23(22)25(24)28(32,33)34)15-35-19-4-2-5-20(35)14-17(13-19)26(36)37/h1,3,6,11-12,17-21H,2,4-5,7-10,13-15H2,(H,36,37)/t17?,18-,19?,20?,21+. The number of carboxylic acid groups (broad SMARTS) is 1. The van der Waals surface area contributed by atoms with Crippen molar-refractivity contribution < 1.29 is 41.0 Å². The monoisotopic (exact) mass is 543 g/mol. The molecule has 2 heterocycles. The molecule has 4 nitrogen and oxygen atoms in total. The summed E-state index contributed by atoms with van der Waals surface area (Å²) in [5.41, 5.74) is -0.171. The highest BCUT2D eigenvalue weighted by Crippen LogP contribution is 2.45. The second-order valence-electron chi connectivity index (χ2n) is 11.0. The summed E-state index contributed by atoms with van der Waals surface area (Å²) in [6.07, 6.45) is -6.11. The van der Waals surface area contributed by atoms with Crippen molar-refractivity contribution in [3.63, 3.8) is 0 Å². The van der Waals surface area contributed by atoms with E-state index in [1.807, 2.05) is 0 Å². The van der Waals surface area contributed by atoms with E-state index in [0.29, 0.717) is 24.8 Å². The van der Waals surface area contributed by atoms with Gasteiger partial charge in [-0.2, -0.15) is 26.3 Å². The Morgan fingerprint density at radius 3 is 2.13 bits per heavy atom. The first kappa shape index (κ1) is 27.1. The van der Waals surface area contributed by atoms with Crippen LogP contribution in [0.4, 0.5) is 26.3 Å². The molecule has 0 amide bonds. The van der Waals surface area contributed by atoms with Gasteiger partial charge in [0.15, 0.2) is 0 Å². The molecule has 5 rings (SSSR count). The highest BCUT2D eigenvalue weighted by atomic mass is 19.4. The molecule has 1 saturated carbocycles. The van der Waals surface area contributed by atoms with Crippen LogP contribution in [0.15, 0.2) is 30.3 Å². The van der Waals surface area contributed by atoms with Crippen molar-refractivity contribution in [2.75, 3.05) is 0 Å². The van der Waals surface area contributed by atoms with Gasteiger partial charge < -0.3 is 9.84 Å². The van der Waals surface area contributed by atoms with Crippen molar-refractivity contribution in [1.82, 2.24) is 4.90 Å². The Morgan fingerprint density at radius 1 is 0.895 bits per heavy atom. The van der Waals surface area contributed by atoms with Crippen molar-refractivity contribution in [2.24, 2.45) is 11.8 Å². The molecule has 2 aromatic rings. The molecular formula is C28H31F6NO3. The van der Waals surface area contributed by atoms with Crippen LogP contribution in [0.2, 0.25) is 0 Å². The topological polar surface area (TPSA) is 49.8 Å². The number of benzene rings is 2. The molecule has 1 aliphatic carbocycles. The fraction of sp³-hybridized carbons (Fsp3) is 0.607. The molecule has 2 saturated heterocycles. The second-order valence-corrected chi connectivity index (χ2v) is 11.0. The summed E-state index contributed by atoms with van der Waals surface area (Å²) in [5.74, 6) is -2.97. The van der Waals surface area contributed by atoms with Crippen molar-refractivity contribution >= 4 is 16.7 Å². The summed E-state index contributed by atoms with van der Waals surface area (Å²) in [7, 11) is 0. The van der Waals surface area contributed by atoms with Gasteiger partial charge in [-0.25, -0.2) is 0 Å². The van der Waals surface area contributed by atoms with Gasteiger partial charge in [-0.15, -0.1) is 0 Å². The van der Waals surface area contributed by atoms with Crippen molar-refractivity contribution in [2.45, 2.75) is 94.9 Å². The van der Waals surface area contributed by atoms with Crippen LogP contribution >= 0.6 is 0 Å². The predicted molar refractivity (Wildman–Crippen MR) is 129 cm³/mol. The minimum absolute atomic E-state index is 0.00191. The first-order valence-corrected chi connectivity index (χ1v) is 13.3. The minimum atomic E-state index is -4.72. The van der Waals surface area contributed by atoms with E-state index >= 15 is 0 Å². The van der Waals surface area contributed by atoms with Gasteiger partial charge in [0.05, 0.1) is 17.9 Å². The number of nitrogens with zero attached hydrogens (tertiary/aromatic N) is 1. The molecular weight excluding hydrogens is 512 g/mol. The third kappa shape index (κ3) is 5.46. The van der Waals surface area contributed by atoms with E-state index in [-0.39, 0.29) is 48.9 Å². The third-order valence-electron chi connectivity index (χ3n) is 8.66. The number of halogens is 6. The van der Waals surface area contributed by atoms with E-state index in [4.69, 9.17) is 4.74 Å². The summed E-state index contributed by atoms with van der Waals surface area (Å²) in [4.78, 5) is 13.9. The lowest BCUT2D eigenvalue weighted by atomic mass is 9.78. The Morgan fingerprint density at radius 2 is 1.55 bits per heavy atom. The predicted octanol–water partition coefficient (Wildman–Crippen LogP) is 7.58. The zero-order valence-electron chi connectivity index (χ0n) is 20.8. The molecule has 2 bridgehead atoms. The van der Waals surface area contributed by atoms with Crippen LogP contribution in [0, 0.1) is 11.8 Å². The summed E-state index contributed by atoms with van der Waals surface area (Å²) < 4.78 is 87.8. The number of piperidine rings is 2. The van der Waals surface area contributed by atoms with Gasteiger partial charge in [-0.3, -0.25) is 9.69 Å². The molecule has 3 fully saturated rings. The summed E-state index contributed by atoms with van der Waals surface area (Å²) in [5, 5.41) is 9.97. The Kier molecular flexibility index (Phi) is 7.30. The molecule has 3 aliphatic rings. The number of carboxylic acids is 1. The van der Waals surface area contributed by atoms with E-state index in [2.05, 4.69) is 4.90 Å². The number of ether oxygens (including phenoxy) is 1. The Labute approximate surface area is 216 Å². The van der Waals surface area contributed by atoms with Crippen LogP contribution in [0.5, 0.6) is 5.75 Å². The minimum Gasteiger partial charge on any atom is -0.490 e. The molecule has 0 spiro atoms. The molecule has 0 radical (unpaired) electrons. The highest BCUT2D eigenvalue weighted by molar-refractivity contribution is 5.91. The number of hydrogen-bond donors (Lipinski definition) is 1. The van der Waals surface area contributed by atoms with E-state index in [1.54, 1.807) is 18.2 Å². The van der Waals surface area contributed by atoms with Gasteiger partial charge in [0.2, 0.25) is 0 Å². The van der Waals surface area contributed by atoms with Crippen LogP contribution < -0.4 is 4.74 Å². The quantitative estimate of drug-likeness (QED) is 0.395. The molecule has 208 valence electrons. The van der Waals surface area contributed by atoms with Crippen LogP contribution in [-0.2, 0) is 17.5 Å². The smallest absolute Gasteiger partial charge is 0.420 e. The Balaban J connectivity index is 1.41. The molecule has 0 aromatic heterocycles. The van der Waals surface area contributed by atoms with E-state index < -0.39 is 41.8 Å². The molecule has 2 atom stereocenters. The van der Waals surface area contributed by atoms with Crippen LogP contribution in [0.25, 0.3) is 10.8 Å². The Bertz CT molecular complexity index is 1160. The van der Waals surface area contributed by atoms with E-state index in [0.717, 1.165) is 24.8 Å². The maximum atomic E-state index is 14.4. The number of alkyl halides is 6. The van der Waals surface area contributed by atoms with Gasteiger partial charge in [-0.1, -0.05) is 30.7 Å². The maximum Gasteiger partial charge on any atom is 0.420 e. The molecule has 2 unspecified atom stereocenters. The fourth-order valence-electron chi connectivity index (χ4n) is 6.75. The molecule has 10 heteroatoms. The van der Waals surface area contributed by atoms with Crippen molar-refractivity contribution in [1.29, 1.82) is 0 Å². The number of aliphatic carboxylic acids is 1. The number of hydrogen-bond acceptors (Lipinski definition) is 3. The number of fused-ring (bicyclic) bond motifs is 3. The number of carbonyl (C=O) groups is 1. The molecule has 1 N–H and O–H groups in total. The molecule has 38 heavy (non-hydrogen) atoms. The third-order valence-corrected chi connectivity index (χ3v) is 8.66. The van der Waals surface area contributed by atoms with Crippen LogP contribution in [0.3, 0.4) is 0 Å². The van der Waals surface area contributed by atoms with Gasteiger partial charge in [0.25, 0.3) is 0 Å². The van der Waals surface area contributed by atoms with Crippen LogP contribution in [0.1, 0.15) is 68.9 Å². The highest BCUT2D eigenvalue weighted by Gasteiger charge is 2.43. The van der Waals surface area contributed by atoms with Crippen molar-refractivity contribution in [3.05, 3.63) is 41.5 Å². The SMILES string of the molecule is O=C(O)C1CC2CCCC(C1)N2Cc1cccc2c(C(F)(F)F)c(O[C@H]3CC[C@@H](C(F)(F)F)CC3)ccc12. The number of rotatable bonds is 5. The molecule has 2 aliphatic heterocycles. The zero-order valence-corrected chi connectivity index (χ0v) is 20.8. The van der Waals surface area contributed by atoms with Gasteiger partial charge in [-0.05, 0) is 73.8 Å². The van der Waals surface area contributed by atoms with E-state index in [9.17, 15) is 36.2 Å². The lowest BCUT2D eigenvalue weighted by molar-refractivity contribution is -0.185. The normalized spacial score (nSPS) is 28.8. The van der Waals surface area contributed by atoms with Crippen LogP contribution in [-0.4, -0.2) is 40.3 Å². The first-order valence-electron chi connectivity index (χ1n) is 13.3. The fourth-order valence-corrected chi connectivity index (χ4v) is 6.75. The van der Waals surface area contributed by atoms with E-state index in [1.165, 1.54) is 12.1 Å². The second kappa shape index (κ2) is 10.2. The lowest BCUT2D eigenvalue weighted by Gasteiger charge is -2.48.